The largest absolute Gasteiger partial charge is 0.548 e. The summed E-state index contributed by atoms with van der Waals surface area (Å²) in [6.07, 6.45) is -1.10. The van der Waals surface area contributed by atoms with E-state index in [1.807, 2.05) is 5.32 Å². The van der Waals surface area contributed by atoms with E-state index in [0.717, 1.165) is 0 Å². The third-order valence-electron chi connectivity index (χ3n) is 1.96. The third-order valence-corrected chi connectivity index (χ3v) is 1.96. The molecule has 1 rings (SSSR count). The zero-order valence-corrected chi connectivity index (χ0v) is 7.79. The second-order valence-electron chi connectivity index (χ2n) is 2.94. The standard InChI is InChI=1S/C10H11NO4/c12-6-11-8(10(14)15)9(13)7-4-2-1-3-5-7/h1-6,8-9,13H,(H,11,12)(H,14,15)/p-1/t8-,9+/m0/s1. The molecule has 0 fully saturated rings. The summed E-state index contributed by atoms with van der Waals surface area (Å²) in [5.41, 5.74) is 0.404. The van der Waals surface area contributed by atoms with E-state index in [2.05, 4.69) is 0 Å². The lowest BCUT2D eigenvalue weighted by Crippen LogP contribution is -2.48. The van der Waals surface area contributed by atoms with Gasteiger partial charge in [-0.15, -0.1) is 0 Å². The number of benzene rings is 1. The van der Waals surface area contributed by atoms with Crippen molar-refractivity contribution in [3.8, 4) is 0 Å². The molecule has 0 unspecified atom stereocenters. The summed E-state index contributed by atoms with van der Waals surface area (Å²) in [4.78, 5) is 20.8. The van der Waals surface area contributed by atoms with Crippen LogP contribution in [0.3, 0.4) is 0 Å². The lowest BCUT2D eigenvalue weighted by Gasteiger charge is -2.23. The summed E-state index contributed by atoms with van der Waals surface area (Å²) in [6, 6.07) is 6.74. The lowest BCUT2D eigenvalue weighted by molar-refractivity contribution is -0.310. The fraction of sp³-hybridized carbons (Fsp3) is 0.200. The van der Waals surface area contributed by atoms with Crippen molar-refractivity contribution in [3.05, 3.63) is 35.9 Å². The summed E-state index contributed by atoms with van der Waals surface area (Å²) in [5, 5.41) is 22.2. The highest BCUT2D eigenvalue weighted by Gasteiger charge is 2.20. The van der Waals surface area contributed by atoms with Crippen molar-refractivity contribution in [2.45, 2.75) is 12.1 Å². The summed E-state index contributed by atoms with van der Waals surface area (Å²) in [6.45, 7) is 0. The van der Waals surface area contributed by atoms with Crippen LogP contribution in [0.15, 0.2) is 30.3 Å². The molecule has 2 N–H and O–H groups in total. The molecular formula is C10H10NO4-. The molecule has 2 atom stereocenters. The molecule has 0 aliphatic carbocycles. The fourth-order valence-electron chi connectivity index (χ4n) is 1.20. The van der Waals surface area contributed by atoms with Gasteiger partial charge in [-0.3, -0.25) is 4.79 Å². The number of carboxylic acid groups (broad SMARTS) is 1. The number of carbonyl (C=O) groups excluding carboxylic acids is 2. The lowest BCUT2D eigenvalue weighted by atomic mass is 10.0. The maximum Gasteiger partial charge on any atom is 0.207 e. The minimum absolute atomic E-state index is 0.215. The molecule has 0 saturated heterocycles. The summed E-state index contributed by atoms with van der Waals surface area (Å²) < 4.78 is 0. The number of nitrogens with one attached hydrogen (secondary N) is 1. The molecule has 0 saturated carbocycles. The maximum atomic E-state index is 10.6. The third kappa shape index (κ3) is 2.78. The van der Waals surface area contributed by atoms with E-state index in [-0.39, 0.29) is 6.41 Å². The zero-order chi connectivity index (χ0) is 11.3. The van der Waals surface area contributed by atoms with E-state index in [1.54, 1.807) is 30.3 Å². The summed E-state index contributed by atoms with van der Waals surface area (Å²) in [5.74, 6) is -1.53. The Balaban J connectivity index is 2.85. The van der Waals surface area contributed by atoms with Crippen LogP contribution < -0.4 is 10.4 Å². The smallest absolute Gasteiger partial charge is 0.207 e. The number of carboxylic acids is 1. The summed E-state index contributed by atoms with van der Waals surface area (Å²) in [7, 11) is 0. The van der Waals surface area contributed by atoms with Crippen molar-refractivity contribution in [1.29, 1.82) is 0 Å². The Morgan fingerprint density at radius 1 is 1.40 bits per heavy atom. The molecule has 15 heavy (non-hydrogen) atoms. The van der Waals surface area contributed by atoms with Crippen LogP contribution in [0.4, 0.5) is 0 Å². The van der Waals surface area contributed by atoms with Crippen LogP contribution in [0.5, 0.6) is 0 Å². The van der Waals surface area contributed by atoms with Gasteiger partial charge < -0.3 is 20.3 Å². The first-order valence-corrected chi connectivity index (χ1v) is 4.30. The second-order valence-corrected chi connectivity index (χ2v) is 2.94. The Morgan fingerprint density at radius 2 is 2.00 bits per heavy atom. The highest BCUT2D eigenvalue weighted by molar-refractivity contribution is 5.75. The van der Waals surface area contributed by atoms with Gasteiger partial charge in [-0.25, -0.2) is 0 Å². The van der Waals surface area contributed by atoms with E-state index >= 15 is 0 Å². The molecule has 80 valence electrons. The van der Waals surface area contributed by atoms with Gasteiger partial charge in [-0.05, 0) is 5.56 Å². The maximum absolute atomic E-state index is 10.6. The predicted molar refractivity (Wildman–Crippen MR) is 49.4 cm³/mol. The van der Waals surface area contributed by atoms with E-state index in [4.69, 9.17) is 0 Å². The highest BCUT2D eigenvalue weighted by atomic mass is 16.4. The van der Waals surface area contributed by atoms with Crippen LogP contribution in [0.1, 0.15) is 11.7 Å². The number of hydrogen-bond donors (Lipinski definition) is 2. The molecule has 1 aromatic rings. The Kier molecular flexibility index (Phi) is 3.82. The van der Waals surface area contributed by atoms with E-state index in [9.17, 15) is 19.8 Å². The minimum atomic E-state index is -1.53. The molecule has 0 aliphatic heterocycles. The number of aliphatic hydroxyl groups is 1. The molecule has 0 aliphatic rings. The number of hydrogen-bond acceptors (Lipinski definition) is 4. The van der Waals surface area contributed by atoms with Crippen molar-refractivity contribution in [3.63, 3.8) is 0 Å². The quantitative estimate of drug-likeness (QED) is 0.581. The van der Waals surface area contributed by atoms with Gasteiger partial charge in [-0.1, -0.05) is 30.3 Å². The van der Waals surface area contributed by atoms with Gasteiger partial charge in [0.25, 0.3) is 0 Å². The number of carbonyl (C=O) groups is 2. The normalized spacial score (nSPS) is 13.9. The number of rotatable bonds is 5. The van der Waals surface area contributed by atoms with Crippen molar-refractivity contribution in [1.82, 2.24) is 5.32 Å². The van der Waals surface area contributed by atoms with Crippen LogP contribution >= 0.6 is 0 Å². The average Bonchev–Trinajstić information content (AvgIpc) is 2.26. The van der Waals surface area contributed by atoms with E-state index in [1.165, 1.54) is 0 Å². The van der Waals surface area contributed by atoms with Crippen LogP contribution in [0.25, 0.3) is 0 Å². The van der Waals surface area contributed by atoms with Crippen LogP contribution in [0.2, 0.25) is 0 Å². The molecule has 0 heterocycles. The minimum Gasteiger partial charge on any atom is -0.548 e. The topological polar surface area (TPSA) is 89.5 Å². The van der Waals surface area contributed by atoms with Crippen molar-refractivity contribution < 1.29 is 19.8 Å². The number of aliphatic hydroxyl groups excluding tert-OH is 1. The number of aliphatic carboxylic acids is 1. The van der Waals surface area contributed by atoms with Crippen LogP contribution in [-0.4, -0.2) is 23.5 Å². The van der Waals surface area contributed by atoms with Gasteiger partial charge in [0.2, 0.25) is 6.41 Å². The molecule has 5 nitrogen and oxygen atoms in total. The first-order valence-electron chi connectivity index (χ1n) is 4.30. The van der Waals surface area contributed by atoms with Gasteiger partial charge in [0, 0.05) is 0 Å². The first-order chi connectivity index (χ1) is 7.16. The average molecular weight is 208 g/mol. The van der Waals surface area contributed by atoms with Crippen molar-refractivity contribution in [2.24, 2.45) is 0 Å². The Bertz CT molecular complexity index is 339. The Hall–Kier alpha value is -1.88. The second kappa shape index (κ2) is 5.11. The van der Waals surface area contributed by atoms with Crippen LogP contribution in [0, 0.1) is 0 Å². The molecule has 5 heteroatoms. The number of amides is 1. The van der Waals surface area contributed by atoms with E-state index in [0.29, 0.717) is 5.56 Å². The zero-order valence-electron chi connectivity index (χ0n) is 7.79. The molecule has 0 aromatic heterocycles. The molecular weight excluding hydrogens is 198 g/mol. The molecule has 0 radical (unpaired) electrons. The molecule has 0 bridgehead atoms. The van der Waals surface area contributed by atoms with Crippen molar-refractivity contribution >= 4 is 12.4 Å². The molecule has 1 amide bonds. The van der Waals surface area contributed by atoms with Crippen LogP contribution in [-0.2, 0) is 9.59 Å². The predicted octanol–water partition coefficient (Wildman–Crippen LogP) is -1.42. The first kappa shape index (κ1) is 11.2. The van der Waals surface area contributed by atoms with Crippen molar-refractivity contribution in [2.75, 3.05) is 0 Å². The molecule has 0 spiro atoms. The van der Waals surface area contributed by atoms with Gasteiger partial charge in [0.05, 0.1) is 12.0 Å². The molecule has 1 aromatic carbocycles. The van der Waals surface area contributed by atoms with Gasteiger partial charge in [-0.2, -0.15) is 0 Å². The SMILES string of the molecule is O=CN[C@H](C(=O)[O-])[C@H](O)c1ccccc1. The van der Waals surface area contributed by atoms with E-state index < -0.39 is 18.1 Å². The highest BCUT2D eigenvalue weighted by Crippen LogP contribution is 2.15. The van der Waals surface area contributed by atoms with Gasteiger partial charge >= 0.3 is 0 Å². The monoisotopic (exact) mass is 208 g/mol. The Morgan fingerprint density at radius 3 is 2.47 bits per heavy atom. The van der Waals surface area contributed by atoms with Gasteiger partial charge in [0.15, 0.2) is 0 Å². The van der Waals surface area contributed by atoms with Gasteiger partial charge in [0.1, 0.15) is 6.10 Å². The fourth-order valence-corrected chi connectivity index (χ4v) is 1.20. The summed E-state index contributed by atoms with van der Waals surface area (Å²) >= 11 is 0. The Labute approximate surface area is 86.4 Å².